The Morgan fingerprint density at radius 3 is 2.92 bits per heavy atom. The van der Waals surface area contributed by atoms with E-state index >= 15 is 0 Å². The van der Waals surface area contributed by atoms with E-state index in [9.17, 15) is 0 Å². The lowest BCUT2D eigenvalue weighted by Gasteiger charge is -2.07. The number of hydrogen-bond acceptors (Lipinski definition) is 3. The highest BCUT2D eigenvalue weighted by Gasteiger charge is 2.08. The molecule has 0 aliphatic carbocycles. The van der Waals surface area contributed by atoms with Crippen molar-refractivity contribution < 1.29 is 0 Å². The van der Waals surface area contributed by atoms with Crippen molar-refractivity contribution in [2.24, 2.45) is 5.73 Å². The third-order valence-corrected chi connectivity index (χ3v) is 1.81. The summed E-state index contributed by atoms with van der Waals surface area (Å²) < 4.78 is 0. The van der Waals surface area contributed by atoms with Crippen LogP contribution >= 0.6 is 24.0 Å². The minimum Gasteiger partial charge on any atom is -0.323 e. The number of aromatic nitrogens is 1. The molecule has 0 saturated heterocycles. The van der Waals surface area contributed by atoms with E-state index < -0.39 is 0 Å². The lowest BCUT2D eigenvalue weighted by atomic mass is 10.1. The Balaban J connectivity index is 0.00000144. The van der Waals surface area contributed by atoms with E-state index in [1.54, 1.807) is 18.3 Å². The van der Waals surface area contributed by atoms with Crippen molar-refractivity contribution >= 4 is 24.0 Å². The summed E-state index contributed by atoms with van der Waals surface area (Å²) >= 11 is 5.75. The highest BCUT2D eigenvalue weighted by atomic mass is 35.5. The Hall–Kier alpha value is -0.820. The molecule has 1 aromatic rings. The van der Waals surface area contributed by atoms with Crippen molar-refractivity contribution in [3.8, 4) is 6.07 Å². The van der Waals surface area contributed by atoms with Crippen molar-refractivity contribution in [2.75, 3.05) is 0 Å². The quantitative estimate of drug-likeness (QED) is 0.772. The molecular formula is C8H9Cl2N3. The first-order valence-corrected chi connectivity index (χ1v) is 3.86. The minimum atomic E-state index is -0.337. The lowest BCUT2D eigenvalue weighted by Crippen LogP contribution is -2.10. The molecule has 0 amide bonds. The maximum absolute atomic E-state index is 8.40. The number of halogens is 2. The Kier molecular flexibility index (Phi) is 5.40. The van der Waals surface area contributed by atoms with Crippen LogP contribution < -0.4 is 5.73 Å². The van der Waals surface area contributed by atoms with Gasteiger partial charge in [0.05, 0.1) is 12.5 Å². The van der Waals surface area contributed by atoms with Gasteiger partial charge in [0, 0.05) is 17.8 Å². The first-order valence-electron chi connectivity index (χ1n) is 3.48. The molecule has 3 nitrogen and oxygen atoms in total. The second kappa shape index (κ2) is 5.76. The molecule has 0 radical (unpaired) electrons. The molecule has 0 aliphatic heterocycles. The van der Waals surface area contributed by atoms with Gasteiger partial charge in [0.15, 0.2) is 0 Å². The molecular weight excluding hydrogens is 209 g/mol. The third kappa shape index (κ3) is 3.19. The highest BCUT2D eigenvalue weighted by Crippen LogP contribution is 2.20. The van der Waals surface area contributed by atoms with Gasteiger partial charge in [0.25, 0.3) is 0 Å². The molecule has 70 valence electrons. The number of rotatable bonds is 2. The summed E-state index contributed by atoms with van der Waals surface area (Å²) in [7, 11) is 0. The first-order chi connectivity index (χ1) is 5.75. The van der Waals surface area contributed by atoms with E-state index in [0.29, 0.717) is 5.15 Å². The van der Waals surface area contributed by atoms with Crippen LogP contribution in [0.2, 0.25) is 5.15 Å². The highest BCUT2D eigenvalue weighted by molar-refractivity contribution is 6.30. The van der Waals surface area contributed by atoms with Crippen LogP contribution in [0.1, 0.15) is 18.0 Å². The Labute approximate surface area is 87.9 Å². The Bertz CT molecular complexity index is 309. The molecule has 0 bridgehead atoms. The van der Waals surface area contributed by atoms with E-state index in [1.165, 1.54) is 0 Å². The number of nitriles is 1. The minimum absolute atomic E-state index is 0. The van der Waals surface area contributed by atoms with Crippen molar-refractivity contribution in [1.82, 2.24) is 4.98 Å². The average Bonchev–Trinajstić information content (AvgIpc) is 2.05. The number of nitrogens with zero attached hydrogens (tertiary/aromatic N) is 2. The van der Waals surface area contributed by atoms with Crippen LogP contribution in [-0.4, -0.2) is 4.98 Å². The average molecular weight is 218 g/mol. The molecule has 0 fully saturated rings. The maximum Gasteiger partial charge on any atom is 0.133 e. The normalized spacial score (nSPS) is 11.2. The second-order valence-electron chi connectivity index (χ2n) is 2.35. The van der Waals surface area contributed by atoms with E-state index in [1.807, 2.05) is 6.07 Å². The van der Waals surface area contributed by atoms with Crippen LogP contribution in [0.3, 0.4) is 0 Å². The summed E-state index contributed by atoms with van der Waals surface area (Å²) in [5, 5.41) is 8.77. The van der Waals surface area contributed by atoms with Crippen molar-refractivity contribution in [3.63, 3.8) is 0 Å². The van der Waals surface area contributed by atoms with E-state index in [0.717, 1.165) is 5.56 Å². The molecule has 0 unspecified atom stereocenters. The molecule has 1 rings (SSSR count). The SMILES string of the molecule is Cl.N#CC[C@H](N)c1cccnc1Cl. The zero-order valence-corrected chi connectivity index (χ0v) is 8.35. The van der Waals surface area contributed by atoms with Crippen molar-refractivity contribution in [2.45, 2.75) is 12.5 Å². The molecule has 1 heterocycles. The lowest BCUT2D eigenvalue weighted by molar-refractivity contribution is 0.744. The molecule has 0 spiro atoms. The van der Waals surface area contributed by atoms with E-state index in [4.69, 9.17) is 22.6 Å². The molecule has 0 aliphatic rings. The molecule has 5 heteroatoms. The predicted octanol–water partition coefficient (Wildman–Crippen LogP) is 2.07. The summed E-state index contributed by atoms with van der Waals surface area (Å²) in [4.78, 5) is 3.86. The molecule has 13 heavy (non-hydrogen) atoms. The van der Waals surface area contributed by atoms with Gasteiger partial charge in [-0.2, -0.15) is 5.26 Å². The number of hydrogen-bond donors (Lipinski definition) is 1. The standard InChI is InChI=1S/C8H8ClN3.ClH/c9-8-6(2-1-5-12-8)7(11)3-4-10;/h1-2,5,7H,3,11H2;1H/t7-;/m0./s1. The summed E-state index contributed by atoms with van der Waals surface area (Å²) in [5.41, 5.74) is 6.38. The second-order valence-corrected chi connectivity index (χ2v) is 2.71. The Morgan fingerprint density at radius 2 is 2.38 bits per heavy atom. The van der Waals surface area contributed by atoms with Crippen molar-refractivity contribution in [1.29, 1.82) is 5.26 Å². The predicted molar refractivity (Wildman–Crippen MR) is 53.7 cm³/mol. The fourth-order valence-corrected chi connectivity index (χ4v) is 1.14. The van der Waals surface area contributed by atoms with Gasteiger partial charge in [-0.3, -0.25) is 0 Å². The number of pyridine rings is 1. The molecule has 2 N–H and O–H groups in total. The number of nitrogens with two attached hydrogens (primary N) is 1. The monoisotopic (exact) mass is 217 g/mol. The molecule has 0 aromatic carbocycles. The summed E-state index contributed by atoms with van der Waals surface area (Å²) in [6.45, 7) is 0. The van der Waals surface area contributed by atoms with Crippen molar-refractivity contribution in [3.05, 3.63) is 29.0 Å². The van der Waals surface area contributed by atoms with Gasteiger partial charge in [0.2, 0.25) is 0 Å². The van der Waals surface area contributed by atoms with Gasteiger partial charge in [-0.25, -0.2) is 4.98 Å². The first kappa shape index (κ1) is 12.2. The van der Waals surface area contributed by atoms with Crippen LogP contribution in [0.5, 0.6) is 0 Å². The van der Waals surface area contributed by atoms with Crippen LogP contribution in [0, 0.1) is 11.3 Å². The summed E-state index contributed by atoms with van der Waals surface area (Å²) in [6.07, 6.45) is 1.84. The maximum atomic E-state index is 8.40. The van der Waals surface area contributed by atoms with Crippen LogP contribution in [0.15, 0.2) is 18.3 Å². The van der Waals surface area contributed by atoms with Gasteiger partial charge in [-0.05, 0) is 6.07 Å². The molecule has 1 atom stereocenters. The van der Waals surface area contributed by atoms with Crippen LogP contribution in [0.4, 0.5) is 0 Å². The van der Waals surface area contributed by atoms with Gasteiger partial charge < -0.3 is 5.73 Å². The Morgan fingerprint density at radius 1 is 1.69 bits per heavy atom. The zero-order chi connectivity index (χ0) is 8.97. The van der Waals surface area contributed by atoms with Gasteiger partial charge in [0.1, 0.15) is 5.15 Å². The molecule has 1 aromatic heterocycles. The summed E-state index contributed by atoms with van der Waals surface area (Å²) in [5.74, 6) is 0. The smallest absolute Gasteiger partial charge is 0.133 e. The van der Waals surface area contributed by atoms with Gasteiger partial charge in [-0.15, -0.1) is 12.4 Å². The van der Waals surface area contributed by atoms with Gasteiger partial charge >= 0.3 is 0 Å². The van der Waals surface area contributed by atoms with Gasteiger partial charge in [-0.1, -0.05) is 17.7 Å². The van der Waals surface area contributed by atoms with Crippen LogP contribution in [-0.2, 0) is 0 Å². The van der Waals surface area contributed by atoms with E-state index in [2.05, 4.69) is 4.98 Å². The third-order valence-electron chi connectivity index (χ3n) is 1.50. The topological polar surface area (TPSA) is 62.7 Å². The van der Waals surface area contributed by atoms with E-state index in [-0.39, 0.29) is 24.9 Å². The fourth-order valence-electron chi connectivity index (χ4n) is 0.883. The summed E-state index contributed by atoms with van der Waals surface area (Å²) in [6, 6.07) is 5.17. The zero-order valence-electron chi connectivity index (χ0n) is 6.77. The largest absolute Gasteiger partial charge is 0.323 e. The van der Waals surface area contributed by atoms with Crippen LogP contribution in [0.25, 0.3) is 0 Å². The molecule has 0 saturated carbocycles. The fraction of sp³-hybridized carbons (Fsp3) is 0.250.